The molecule has 0 fully saturated rings. The highest BCUT2D eigenvalue weighted by Gasteiger charge is 2.30. The molecule has 116 valence electrons. The lowest BCUT2D eigenvalue weighted by molar-refractivity contribution is -0.0493. The number of rotatable bonds is 5. The Morgan fingerprint density at radius 3 is 2.62 bits per heavy atom. The van der Waals surface area contributed by atoms with Gasteiger partial charge < -0.3 is 10.1 Å². The van der Waals surface area contributed by atoms with E-state index in [0.717, 1.165) is 30.3 Å². The molecule has 1 heterocycles. The lowest BCUT2D eigenvalue weighted by Gasteiger charge is -2.33. The minimum absolute atomic E-state index is 0.138. The van der Waals surface area contributed by atoms with E-state index in [2.05, 4.69) is 28.9 Å². The number of ether oxygens (including phenoxy) is 1. The first-order valence-corrected chi connectivity index (χ1v) is 8.05. The molecular formula is C15H20F2N2OS. The number of nitrogens with one attached hydrogen (secondary N) is 1. The standard InChI is InChI=1S/C15H20F2N2OS/c1-3-15(4-2)9-18-14(21-10-15)19-11-7-5-6-8-12(11)20-13(16)17/h5-8,13H,3-4,9-10H2,1-2H3,(H,18,19). The zero-order valence-electron chi connectivity index (χ0n) is 12.2. The smallest absolute Gasteiger partial charge is 0.387 e. The predicted molar refractivity (Wildman–Crippen MR) is 84.5 cm³/mol. The number of benzene rings is 1. The largest absolute Gasteiger partial charge is 0.433 e. The van der Waals surface area contributed by atoms with Gasteiger partial charge in [-0.1, -0.05) is 37.7 Å². The van der Waals surface area contributed by atoms with Gasteiger partial charge in [0.1, 0.15) is 5.75 Å². The number of halogens is 2. The van der Waals surface area contributed by atoms with E-state index in [-0.39, 0.29) is 11.2 Å². The summed E-state index contributed by atoms with van der Waals surface area (Å²) in [6.45, 7) is 2.31. The SMILES string of the molecule is CCC1(CC)CN=C(Nc2ccccc2OC(F)F)SC1. The van der Waals surface area contributed by atoms with Crippen LogP contribution in [0.15, 0.2) is 29.3 Å². The van der Waals surface area contributed by atoms with Gasteiger partial charge in [0.05, 0.1) is 5.69 Å². The Bertz CT molecular complexity index is 504. The van der Waals surface area contributed by atoms with Crippen molar-refractivity contribution in [1.29, 1.82) is 0 Å². The van der Waals surface area contributed by atoms with E-state index in [1.165, 1.54) is 6.07 Å². The van der Waals surface area contributed by atoms with Crippen LogP contribution in [-0.2, 0) is 0 Å². The van der Waals surface area contributed by atoms with E-state index in [0.29, 0.717) is 5.69 Å². The van der Waals surface area contributed by atoms with Gasteiger partial charge in [-0.3, -0.25) is 4.99 Å². The van der Waals surface area contributed by atoms with Gasteiger partial charge >= 0.3 is 6.61 Å². The maximum atomic E-state index is 12.4. The number of aliphatic imine (C=N–C) groups is 1. The molecule has 0 spiro atoms. The molecule has 0 amide bonds. The number of nitrogens with zero attached hydrogens (tertiary/aromatic N) is 1. The van der Waals surface area contributed by atoms with Crippen molar-refractivity contribution in [3.8, 4) is 5.75 Å². The van der Waals surface area contributed by atoms with E-state index < -0.39 is 6.61 Å². The second-order valence-electron chi connectivity index (χ2n) is 5.12. The summed E-state index contributed by atoms with van der Waals surface area (Å²) in [7, 11) is 0. The minimum Gasteiger partial charge on any atom is -0.433 e. The van der Waals surface area contributed by atoms with Crippen LogP contribution in [0.5, 0.6) is 5.75 Å². The maximum absolute atomic E-state index is 12.4. The van der Waals surface area contributed by atoms with Crippen molar-refractivity contribution in [2.75, 3.05) is 17.6 Å². The summed E-state index contributed by atoms with van der Waals surface area (Å²) >= 11 is 1.64. The Balaban J connectivity index is 2.08. The van der Waals surface area contributed by atoms with Gasteiger partial charge in [0, 0.05) is 12.3 Å². The minimum atomic E-state index is -2.83. The summed E-state index contributed by atoms with van der Waals surface area (Å²) in [6, 6.07) is 6.67. The van der Waals surface area contributed by atoms with Crippen molar-refractivity contribution in [1.82, 2.24) is 0 Å². The van der Waals surface area contributed by atoms with Crippen molar-refractivity contribution in [2.45, 2.75) is 33.3 Å². The molecule has 0 aromatic heterocycles. The summed E-state index contributed by atoms with van der Waals surface area (Å²) in [5.74, 6) is 1.13. The van der Waals surface area contributed by atoms with Crippen LogP contribution < -0.4 is 10.1 Å². The zero-order chi connectivity index (χ0) is 15.3. The molecule has 0 saturated carbocycles. The third kappa shape index (κ3) is 4.09. The first kappa shape index (κ1) is 16.1. The molecule has 1 aliphatic heterocycles. The van der Waals surface area contributed by atoms with E-state index in [4.69, 9.17) is 0 Å². The Hall–Kier alpha value is -1.30. The molecule has 0 aliphatic carbocycles. The van der Waals surface area contributed by atoms with Gasteiger partial charge in [0.15, 0.2) is 5.17 Å². The first-order valence-electron chi connectivity index (χ1n) is 7.06. The molecule has 0 saturated heterocycles. The van der Waals surface area contributed by atoms with Crippen LogP contribution in [0.3, 0.4) is 0 Å². The molecule has 6 heteroatoms. The normalized spacial score (nSPS) is 17.5. The highest BCUT2D eigenvalue weighted by atomic mass is 32.2. The van der Waals surface area contributed by atoms with Crippen LogP contribution in [0, 0.1) is 5.41 Å². The molecule has 0 unspecified atom stereocenters. The third-order valence-corrected chi connectivity index (χ3v) is 5.18. The van der Waals surface area contributed by atoms with Crippen molar-refractivity contribution in [3.63, 3.8) is 0 Å². The second kappa shape index (κ2) is 7.11. The molecular weight excluding hydrogens is 294 g/mol. The average Bonchev–Trinajstić information content (AvgIpc) is 2.50. The molecule has 3 nitrogen and oxygen atoms in total. The lowest BCUT2D eigenvalue weighted by atomic mass is 9.84. The molecule has 21 heavy (non-hydrogen) atoms. The zero-order valence-corrected chi connectivity index (χ0v) is 13.1. The maximum Gasteiger partial charge on any atom is 0.387 e. The van der Waals surface area contributed by atoms with Crippen LogP contribution in [0.4, 0.5) is 14.5 Å². The fourth-order valence-electron chi connectivity index (χ4n) is 2.19. The van der Waals surface area contributed by atoms with Gasteiger partial charge in [-0.2, -0.15) is 8.78 Å². The van der Waals surface area contributed by atoms with E-state index in [1.54, 1.807) is 30.0 Å². The van der Waals surface area contributed by atoms with Crippen LogP contribution in [0.2, 0.25) is 0 Å². The summed E-state index contributed by atoms with van der Waals surface area (Å²) in [4.78, 5) is 4.57. The number of hydrogen-bond acceptors (Lipinski definition) is 4. The number of para-hydroxylation sites is 2. The molecule has 2 rings (SSSR count). The Morgan fingerprint density at radius 2 is 2.05 bits per heavy atom. The highest BCUT2D eigenvalue weighted by molar-refractivity contribution is 8.14. The van der Waals surface area contributed by atoms with Crippen LogP contribution in [0.25, 0.3) is 0 Å². The Kier molecular flexibility index (Phi) is 5.45. The summed E-state index contributed by atoms with van der Waals surface area (Å²) < 4.78 is 29.3. The first-order chi connectivity index (χ1) is 10.1. The quantitative estimate of drug-likeness (QED) is 0.861. The van der Waals surface area contributed by atoms with Crippen molar-refractivity contribution < 1.29 is 13.5 Å². The Morgan fingerprint density at radius 1 is 1.33 bits per heavy atom. The second-order valence-corrected chi connectivity index (χ2v) is 6.08. The number of thioether (sulfide) groups is 1. The van der Waals surface area contributed by atoms with Gasteiger partial charge in [-0.15, -0.1) is 0 Å². The molecule has 0 atom stereocenters. The summed E-state index contributed by atoms with van der Waals surface area (Å²) in [6.07, 6.45) is 2.19. The van der Waals surface area contributed by atoms with Crippen molar-refractivity contribution in [2.24, 2.45) is 10.4 Å². The van der Waals surface area contributed by atoms with Gasteiger partial charge in [-0.25, -0.2) is 0 Å². The van der Waals surface area contributed by atoms with Gasteiger partial charge in [0.2, 0.25) is 0 Å². The van der Waals surface area contributed by atoms with E-state index >= 15 is 0 Å². The Labute approximate surface area is 128 Å². The monoisotopic (exact) mass is 314 g/mol. The van der Waals surface area contributed by atoms with Gasteiger partial charge in [0.25, 0.3) is 0 Å². The number of hydrogen-bond donors (Lipinski definition) is 1. The number of amidine groups is 1. The van der Waals surface area contributed by atoms with Gasteiger partial charge in [-0.05, 0) is 30.4 Å². The van der Waals surface area contributed by atoms with Crippen molar-refractivity contribution >= 4 is 22.6 Å². The molecule has 0 radical (unpaired) electrons. The molecule has 1 aliphatic rings. The van der Waals surface area contributed by atoms with E-state index in [9.17, 15) is 8.78 Å². The van der Waals surface area contributed by atoms with Crippen molar-refractivity contribution in [3.05, 3.63) is 24.3 Å². The lowest BCUT2D eigenvalue weighted by Crippen LogP contribution is -2.32. The van der Waals surface area contributed by atoms with E-state index in [1.807, 2.05) is 0 Å². The highest BCUT2D eigenvalue weighted by Crippen LogP contribution is 2.36. The summed E-state index contributed by atoms with van der Waals surface area (Å²) in [5.41, 5.74) is 0.777. The van der Waals surface area contributed by atoms with Crippen LogP contribution in [-0.4, -0.2) is 24.1 Å². The van der Waals surface area contributed by atoms with Crippen LogP contribution in [0.1, 0.15) is 26.7 Å². The molecule has 0 bridgehead atoms. The predicted octanol–water partition coefficient (Wildman–Crippen LogP) is 4.61. The fraction of sp³-hybridized carbons (Fsp3) is 0.533. The van der Waals surface area contributed by atoms with Crippen LogP contribution >= 0.6 is 11.8 Å². The topological polar surface area (TPSA) is 33.6 Å². The molecule has 1 N–H and O–H groups in total. The number of anilines is 1. The summed E-state index contributed by atoms with van der Waals surface area (Å²) in [5, 5.41) is 3.86. The fourth-order valence-corrected chi connectivity index (χ4v) is 3.47. The molecule has 1 aromatic carbocycles. The number of alkyl halides is 2. The third-order valence-electron chi connectivity index (χ3n) is 3.92. The molecule has 1 aromatic rings. The average molecular weight is 314 g/mol.